The van der Waals surface area contributed by atoms with Gasteiger partial charge in [0.05, 0.1) is 0 Å². The minimum atomic E-state index is 0.606. The second-order valence-corrected chi connectivity index (χ2v) is 5.35. The van der Waals surface area contributed by atoms with Crippen LogP contribution in [0.4, 0.5) is 0 Å². The Balaban J connectivity index is 1.78. The van der Waals surface area contributed by atoms with E-state index < -0.39 is 0 Å². The Kier molecular flexibility index (Phi) is 3.03. The Bertz CT molecular complexity index is 655. The van der Waals surface area contributed by atoms with E-state index in [1.807, 2.05) is 24.3 Å². The monoisotopic (exact) mass is 253 g/mol. The summed E-state index contributed by atoms with van der Waals surface area (Å²) in [5.74, 6) is 0.910. The lowest BCUT2D eigenvalue weighted by Gasteiger charge is -2.06. The second-order valence-electron chi connectivity index (χ2n) is 4.19. The molecule has 1 nitrogen and oxygen atoms in total. The minimum absolute atomic E-state index is 0.606. The maximum Gasteiger partial charge on any atom is 0.121 e. The van der Waals surface area contributed by atoms with Gasteiger partial charge in [0.1, 0.15) is 12.4 Å². The number of hydrogen-bond donors (Lipinski definition) is 0. The number of ether oxygens (including phenoxy) is 1. The predicted molar refractivity (Wildman–Crippen MR) is 77.1 cm³/mol. The van der Waals surface area contributed by atoms with Crippen LogP contribution in [0.5, 0.6) is 5.75 Å². The van der Waals surface area contributed by atoms with Crippen LogP contribution < -0.4 is 4.74 Å². The minimum Gasteiger partial charge on any atom is -0.489 e. The molecule has 0 aliphatic carbocycles. The van der Waals surface area contributed by atoms with Crippen LogP contribution in [-0.2, 0) is 6.61 Å². The summed E-state index contributed by atoms with van der Waals surface area (Å²) in [6, 6.07) is 18.5. The summed E-state index contributed by atoms with van der Waals surface area (Å²) in [7, 11) is 0. The van der Waals surface area contributed by atoms with Gasteiger partial charge in [-0.2, -0.15) is 0 Å². The van der Waals surface area contributed by atoms with E-state index in [1.54, 1.807) is 11.3 Å². The highest BCUT2D eigenvalue weighted by atomic mass is 32.1. The van der Waals surface area contributed by atoms with Crippen molar-refractivity contribution in [2.75, 3.05) is 0 Å². The SMILES string of the molecule is [CH2]c1cc2ccc(OCc3ccccc3)cc2s1. The molecule has 0 N–H and O–H groups in total. The first-order chi connectivity index (χ1) is 8.81. The molecule has 3 rings (SSSR count). The lowest BCUT2D eigenvalue weighted by atomic mass is 10.2. The fourth-order valence-corrected chi connectivity index (χ4v) is 2.79. The Labute approximate surface area is 111 Å². The smallest absolute Gasteiger partial charge is 0.121 e. The topological polar surface area (TPSA) is 9.23 Å². The summed E-state index contributed by atoms with van der Waals surface area (Å²) in [5, 5.41) is 1.23. The summed E-state index contributed by atoms with van der Waals surface area (Å²) >= 11 is 1.70. The first-order valence-corrected chi connectivity index (χ1v) is 6.65. The lowest BCUT2D eigenvalue weighted by molar-refractivity contribution is 0.306. The summed E-state index contributed by atoms with van der Waals surface area (Å²) in [4.78, 5) is 1.09. The molecular weight excluding hydrogens is 240 g/mol. The maximum absolute atomic E-state index is 5.80. The van der Waals surface area contributed by atoms with E-state index in [1.165, 1.54) is 15.6 Å². The summed E-state index contributed by atoms with van der Waals surface area (Å²) in [6.45, 7) is 4.56. The van der Waals surface area contributed by atoms with Gasteiger partial charge in [0, 0.05) is 9.58 Å². The Morgan fingerprint density at radius 1 is 1.00 bits per heavy atom. The maximum atomic E-state index is 5.80. The van der Waals surface area contributed by atoms with Crippen molar-refractivity contribution < 1.29 is 4.74 Å². The first kappa shape index (κ1) is 11.3. The van der Waals surface area contributed by atoms with Crippen LogP contribution in [-0.4, -0.2) is 0 Å². The molecule has 89 valence electrons. The van der Waals surface area contributed by atoms with Gasteiger partial charge < -0.3 is 4.74 Å². The van der Waals surface area contributed by atoms with E-state index in [0.29, 0.717) is 6.61 Å². The summed E-state index contributed by atoms with van der Waals surface area (Å²) < 4.78 is 7.02. The number of hydrogen-bond acceptors (Lipinski definition) is 2. The molecule has 0 aliphatic heterocycles. The van der Waals surface area contributed by atoms with Crippen molar-refractivity contribution in [3.63, 3.8) is 0 Å². The van der Waals surface area contributed by atoms with Gasteiger partial charge in [-0.05, 0) is 42.1 Å². The van der Waals surface area contributed by atoms with Gasteiger partial charge in [-0.3, -0.25) is 0 Å². The molecule has 2 heteroatoms. The third kappa shape index (κ3) is 2.39. The number of thiophene rings is 1. The van der Waals surface area contributed by atoms with Crippen LogP contribution in [0.25, 0.3) is 10.1 Å². The van der Waals surface area contributed by atoms with E-state index >= 15 is 0 Å². The first-order valence-electron chi connectivity index (χ1n) is 5.83. The number of rotatable bonds is 3. The van der Waals surface area contributed by atoms with Gasteiger partial charge >= 0.3 is 0 Å². The fraction of sp³-hybridized carbons (Fsp3) is 0.0625. The normalized spacial score (nSPS) is 10.7. The van der Waals surface area contributed by atoms with E-state index in [-0.39, 0.29) is 0 Å². The summed E-state index contributed by atoms with van der Waals surface area (Å²) in [6.07, 6.45) is 0. The molecule has 1 heterocycles. The molecule has 0 spiro atoms. The van der Waals surface area contributed by atoms with Crippen LogP contribution in [0.15, 0.2) is 54.6 Å². The van der Waals surface area contributed by atoms with Crippen molar-refractivity contribution in [1.29, 1.82) is 0 Å². The van der Waals surface area contributed by atoms with Crippen molar-refractivity contribution in [3.05, 3.63) is 72.0 Å². The molecule has 1 aromatic heterocycles. The average Bonchev–Trinajstić information content (AvgIpc) is 2.77. The van der Waals surface area contributed by atoms with Crippen molar-refractivity contribution in [2.24, 2.45) is 0 Å². The number of fused-ring (bicyclic) bond motifs is 1. The second kappa shape index (κ2) is 4.83. The quantitative estimate of drug-likeness (QED) is 0.659. The third-order valence-electron chi connectivity index (χ3n) is 2.79. The molecule has 0 atom stereocenters. The third-order valence-corrected chi connectivity index (χ3v) is 3.74. The van der Waals surface area contributed by atoms with Gasteiger partial charge in [0.15, 0.2) is 0 Å². The molecule has 2 aromatic carbocycles. The molecule has 0 saturated heterocycles. The summed E-state index contributed by atoms with van der Waals surface area (Å²) in [5.41, 5.74) is 1.18. The molecule has 18 heavy (non-hydrogen) atoms. The predicted octanol–water partition coefficient (Wildman–Crippen LogP) is 4.66. The van der Waals surface area contributed by atoms with E-state index in [2.05, 4.69) is 37.3 Å². The average molecular weight is 253 g/mol. The molecule has 0 amide bonds. The highest BCUT2D eigenvalue weighted by molar-refractivity contribution is 7.19. The number of benzene rings is 2. The van der Waals surface area contributed by atoms with Gasteiger partial charge in [-0.25, -0.2) is 0 Å². The Morgan fingerprint density at radius 3 is 2.67 bits per heavy atom. The molecule has 0 bridgehead atoms. The van der Waals surface area contributed by atoms with Gasteiger partial charge in [0.2, 0.25) is 0 Å². The van der Waals surface area contributed by atoms with Gasteiger partial charge in [-0.1, -0.05) is 30.3 Å². The van der Waals surface area contributed by atoms with Crippen molar-refractivity contribution >= 4 is 21.4 Å². The standard InChI is InChI=1S/C16H13OS/c1-12-9-14-7-8-15(10-16(14)18-12)17-11-13-5-3-2-4-6-13/h2-10H,1,11H2. The molecule has 0 aliphatic rings. The van der Waals surface area contributed by atoms with Crippen molar-refractivity contribution in [2.45, 2.75) is 6.61 Å². The Morgan fingerprint density at radius 2 is 1.83 bits per heavy atom. The van der Waals surface area contributed by atoms with E-state index in [9.17, 15) is 0 Å². The zero-order valence-electron chi connectivity index (χ0n) is 9.93. The largest absolute Gasteiger partial charge is 0.489 e. The van der Waals surface area contributed by atoms with Gasteiger partial charge in [0.25, 0.3) is 0 Å². The van der Waals surface area contributed by atoms with Crippen LogP contribution >= 0.6 is 11.3 Å². The fourth-order valence-electron chi connectivity index (χ4n) is 1.90. The molecule has 3 aromatic rings. The van der Waals surface area contributed by atoms with Crippen molar-refractivity contribution in [1.82, 2.24) is 0 Å². The Hall–Kier alpha value is -1.80. The molecule has 0 saturated carbocycles. The molecular formula is C16H13OS. The van der Waals surface area contributed by atoms with Crippen molar-refractivity contribution in [3.8, 4) is 5.75 Å². The highest BCUT2D eigenvalue weighted by Crippen LogP contribution is 2.28. The van der Waals surface area contributed by atoms with E-state index in [0.717, 1.165) is 10.6 Å². The van der Waals surface area contributed by atoms with Gasteiger partial charge in [-0.15, -0.1) is 11.3 Å². The molecule has 0 unspecified atom stereocenters. The lowest BCUT2D eigenvalue weighted by Crippen LogP contribution is -1.94. The van der Waals surface area contributed by atoms with Crippen LogP contribution in [0.2, 0.25) is 0 Å². The zero-order chi connectivity index (χ0) is 12.4. The van der Waals surface area contributed by atoms with Crippen LogP contribution in [0, 0.1) is 6.92 Å². The van der Waals surface area contributed by atoms with E-state index in [4.69, 9.17) is 4.74 Å². The van der Waals surface area contributed by atoms with Crippen LogP contribution in [0.3, 0.4) is 0 Å². The highest BCUT2D eigenvalue weighted by Gasteiger charge is 2.01. The molecule has 1 radical (unpaired) electrons. The molecule has 0 fully saturated rings. The van der Waals surface area contributed by atoms with Crippen LogP contribution in [0.1, 0.15) is 10.4 Å². The zero-order valence-corrected chi connectivity index (χ0v) is 10.7.